The second-order valence-corrected chi connectivity index (χ2v) is 8.23. The number of nitrogens with two attached hydrogens (primary N) is 1. The minimum absolute atomic E-state index is 0.0468. The Labute approximate surface area is 166 Å². The van der Waals surface area contributed by atoms with Gasteiger partial charge in [-0.25, -0.2) is 0 Å². The minimum atomic E-state index is -0.0468. The Hall–Kier alpha value is -0.430. The smallest absolute Gasteiger partial charge is 0.223 e. The van der Waals surface area contributed by atoms with Gasteiger partial charge in [0.05, 0.1) is 39.6 Å². The largest absolute Gasteiger partial charge is 0.379 e. The van der Waals surface area contributed by atoms with Gasteiger partial charge in [0.1, 0.15) is 5.44 Å². The van der Waals surface area contributed by atoms with Crippen LogP contribution in [-0.2, 0) is 19.0 Å². The first-order valence-electron chi connectivity index (χ1n) is 9.09. The Bertz CT molecular complexity index is 400. The SMILES string of the molecule is CCC#CCNC(=O)CCOCCOCCOC(SSCCN)C(C)C. The molecule has 0 aliphatic heterocycles. The van der Waals surface area contributed by atoms with Gasteiger partial charge in [-0.2, -0.15) is 0 Å². The number of amides is 1. The summed E-state index contributed by atoms with van der Waals surface area (Å²) in [5.41, 5.74) is 5.64. The maximum atomic E-state index is 11.5. The van der Waals surface area contributed by atoms with E-state index in [1.807, 2.05) is 6.92 Å². The van der Waals surface area contributed by atoms with Crippen molar-refractivity contribution in [3.8, 4) is 11.8 Å². The van der Waals surface area contributed by atoms with Crippen LogP contribution in [0.3, 0.4) is 0 Å². The standard InChI is InChI=1S/C18H34N2O4S2/c1-4-5-6-9-20-17(21)7-10-22-11-12-23-13-14-24-18(16(2)3)26-25-15-8-19/h16,18H,4,7-15,19H2,1-3H3,(H,20,21). The van der Waals surface area contributed by atoms with Crippen LogP contribution in [0.2, 0.25) is 0 Å². The van der Waals surface area contributed by atoms with E-state index in [1.54, 1.807) is 21.6 Å². The van der Waals surface area contributed by atoms with Gasteiger partial charge in [0.25, 0.3) is 0 Å². The van der Waals surface area contributed by atoms with Crippen molar-refractivity contribution in [2.75, 3.05) is 51.9 Å². The average molecular weight is 407 g/mol. The van der Waals surface area contributed by atoms with Crippen molar-refractivity contribution in [3.63, 3.8) is 0 Å². The molecule has 1 atom stereocenters. The number of nitrogens with one attached hydrogen (secondary N) is 1. The van der Waals surface area contributed by atoms with Crippen molar-refractivity contribution < 1.29 is 19.0 Å². The van der Waals surface area contributed by atoms with Crippen LogP contribution in [0.5, 0.6) is 0 Å². The summed E-state index contributed by atoms with van der Waals surface area (Å²) in [5, 5.41) is 2.72. The van der Waals surface area contributed by atoms with E-state index < -0.39 is 0 Å². The van der Waals surface area contributed by atoms with Crippen LogP contribution in [-0.4, -0.2) is 63.2 Å². The van der Waals surface area contributed by atoms with Gasteiger partial charge < -0.3 is 25.3 Å². The number of ether oxygens (including phenoxy) is 3. The molecule has 26 heavy (non-hydrogen) atoms. The lowest BCUT2D eigenvalue weighted by molar-refractivity contribution is -0.122. The highest BCUT2D eigenvalue weighted by atomic mass is 33.1. The zero-order valence-corrected chi connectivity index (χ0v) is 17.9. The number of rotatable bonds is 16. The maximum Gasteiger partial charge on any atom is 0.223 e. The normalized spacial score (nSPS) is 11.9. The van der Waals surface area contributed by atoms with E-state index in [0.29, 0.717) is 58.5 Å². The molecular weight excluding hydrogens is 372 g/mol. The van der Waals surface area contributed by atoms with Crippen LogP contribution >= 0.6 is 21.6 Å². The molecule has 0 aromatic carbocycles. The van der Waals surface area contributed by atoms with Gasteiger partial charge in [0.2, 0.25) is 5.91 Å². The summed E-state index contributed by atoms with van der Waals surface area (Å²) < 4.78 is 16.7. The fraction of sp³-hybridized carbons (Fsp3) is 0.833. The highest BCUT2D eigenvalue weighted by Gasteiger charge is 2.14. The molecule has 1 amide bonds. The van der Waals surface area contributed by atoms with Gasteiger partial charge >= 0.3 is 0 Å². The molecule has 0 aromatic rings. The molecule has 0 fully saturated rings. The second-order valence-electron chi connectivity index (χ2n) is 5.65. The zero-order chi connectivity index (χ0) is 19.5. The summed E-state index contributed by atoms with van der Waals surface area (Å²) in [4.78, 5) is 11.5. The predicted octanol–water partition coefficient (Wildman–Crippen LogP) is 2.28. The van der Waals surface area contributed by atoms with Crippen molar-refractivity contribution in [2.24, 2.45) is 11.7 Å². The van der Waals surface area contributed by atoms with Crippen LogP contribution in [0.25, 0.3) is 0 Å². The first-order valence-corrected chi connectivity index (χ1v) is 11.5. The van der Waals surface area contributed by atoms with E-state index in [2.05, 4.69) is 31.0 Å². The van der Waals surface area contributed by atoms with Crippen molar-refractivity contribution >= 4 is 27.5 Å². The maximum absolute atomic E-state index is 11.5. The summed E-state index contributed by atoms with van der Waals surface area (Å²) in [5.74, 6) is 7.08. The average Bonchev–Trinajstić information content (AvgIpc) is 2.62. The third-order valence-corrected chi connectivity index (χ3v) is 5.83. The van der Waals surface area contributed by atoms with Crippen LogP contribution < -0.4 is 11.1 Å². The molecule has 0 aliphatic carbocycles. The topological polar surface area (TPSA) is 82.8 Å². The molecule has 152 valence electrons. The molecule has 0 aromatic heterocycles. The molecule has 1 unspecified atom stereocenters. The van der Waals surface area contributed by atoms with Gasteiger partial charge in [0.15, 0.2) is 0 Å². The third kappa shape index (κ3) is 17.0. The Morgan fingerprint density at radius 3 is 2.46 bits per heavy atom. The molecule has 6 nitrogen and oxygen atoms in total. The number of carbonyl (C=O) groups is 1. The molecule has 0 saturated carbocycles. The quantitative estimate of drug-likeness (QED) is 0.176. The zero-order valence-electron chi connectivity index (χ0n) is 16.3. The third-order valence-electron chi connectivity index (χ3n) is 2.94. The van der Waals surface area contributed by atoms with Crippen molar-refractivity contribution in [2.45, 2.75) is 39.0 Å². The summed E-state index contributed by atoms with van der Waals surface area (Å²) >= 11 is 0. The number of carbonyl (C=O) groups excluding carboxylic acids is 1. The molecule has 8 heteroatoms. The molecule has 0 aliphatic rings. The van der Waals surface area contributed by atoms with Crippen LogP contribution in [0.15, 0.2) is 0 Å². The highest BCUT2D eigenvalue weighted by molar-refractivity contribution is 8.76. The second kappa shape index (κ2) is 19.3. The molecule has 0 heterocycles. The highest BCUT2D eigenvalue weighted by Crippen LogP contribution is 2.31. The summed E-state index contributed by atoms with van der Waals surface area (Å²) in [6.07, 6.45) is 1.14. The first-order chi connectivity index (χ1) is 12.6. The fourth-order valence-electron chi connectivity index (χ4n) is 1.62. The number of hydrogen-bond donors (Lipinski definition) is 2. The van der Waals surface area contributed by atoms with E-state index >= 15 is 0 Å². The van der Waals surface area contributed by atoms with E-state index in [1.165, 1.54) is 0 Å². The molecular formula is C18H34N2O4S2. The van der Waals surface area contributed by atoms with Gasteiger partial charge in [-0.15, -0.1) is 5.92 Å². The lowest BCUT2D eigenvalue weighted by Crippen LogP contribution is -2.25. The molecule has 0 rings (SSSR count). The lowest BCUT2D eigenvalue weighted by Gasteiger charge is -2.20. The van der Waals surface area contributed by atoms with Gasteiger partial charge in [-0.3, -0.25) is 4.79 Å². The summed E-state index contributed by atoms with van der Waals surface area (Å²) in [7, 11) is 3.47. The van der Waals surface area contributed by atoms with Crippen molar-refractivity contribution in [3.05, 3.63) is 0 Å². The molecule has 0 spiro atoms. The number of hydrogen-bond acceptors (Lipinski definition) is 7. The Morgan fingerprint density at radius 2 is 1.81 bits per heavy atom. The minimum Gasteiger partial charge on any atom is -0.379 e. The predicted molar refractivity (Wildman–Crippen MR) is 111 cm³/mol. The first kappa shape index (κ1) is 25.6. The van der Waals surface area contributed by atoms with Gasteiger partial charge in [-0.1, -0.05) is 48.3 Å². The van der Waals surface area contributed by atoms with E-state index in [-0.39, 0.29) is 11.3 Å². The van der Waals surface area contributed by atoms with E-state index in [4.69, 9.17) is 19.9 Å². The van der Waals surface area contributed by atoms with Crippen molar-refractivity contribution in [1.82, 2.24) is 5.32 Å². The molecule has 0 bridgehead atoms. The van der Waals surface area contributed by atoms with E-state index in [0.717, 1.165) is 12.2 Å². The van der Waals surface area contributed by atoms with Crippen LogP contribution in [0.1, 0.15) is 33.6 Å². The Kier molecular flexibility index (Phi) is 19.0. The Morgan fingerprint density at radius 1 is 1.12 bits per heavy atom. The summed E-state index contributed by atoms with van der Waals surface area (Å²) in [6, 6.07) is 0. The molecule has 0 radical (unpaired) electrons. The fourth-order valence-corrected chi connectivity index (χ4v) is 4.14. The van der Waals surface area contributed by atoms with Gasteiger partial charge in [0, 0.05) is 25.1 Å². The Balaban J connectivity index is 3.47. The molecule has 3 N–H and O–H groups in total. The van der Waals surface area contributed by atoms with Crippen molar-refractivity contribution in [1.29, 1.82) is 0 Å². The van der Waals surface area contributed by atoms with E-state index in [9.17, 15) is 4.79 Å². The van der Waals surface area contributed by atoms with Crippen LogP contribution in [0, 0.1) is 17.8 Å². The lowest BCUT2D eigenvalue weighted by atomic mass is 10.2. The summed E-state index contributed by atoms with van der Waals surface area (Å²) in [6.45, 7) is 9.77. The molecule has 0 saturated heterocycles. The monoisotopic (exact) mass is 406 g/mol. The van der Waals surface area contributed by atoms with Crippen LogP contribution in [0.4, 0.5) is 0 Å². The van der Waals surface area contributed by atoms with Gasteiger partial charge in [-0.05, 0) is 5.92 Å².